The van der Waals surface area contributed by atoms with Crippen LogP contribution in [0.2, 0.25) is 0 Å². The Morgan fingerprint density at radius 2 is 1.86 bits per heavy atom. The van der Waals surface area contributed by atoms with Crippen molar-refractivity contribution in [2.75, 3.05) is 6.54 Å². The van der Waals surface area contributed by atoms with Gasteiger partial charge >= 0.3 is 6.03 Å². The third-order valence-electron chi connectivity index (χ3n) is 4.28. The second-order valence-corrected chi connectivity index (χ2v) is 7.65. The average Bonchev–Trinajstić information content (AvgIpc) is 3.15. The Kier molecular flexibility index (Phi) is 3.65. The van der Waals surface area contributed by atoms with Gasteiger partial charge in [-0.2, -0.15) is 0 Å². The van der Waals surface area contributed by atoms with Gasteiger partial charge in [-0.05, 0) is 50.7 Å². The Balaban J connectivity index is 1.72. The molecule has 1 unspecified atom stereocenters. The van der Waals surface area contributed by atoms with E-state index in [-0.39, 0.29) is 10.9 Å². The van der Waals surface area contributed by atoms with E-state index >= 15 is 0 Å². The van der Waals surface area contributed by atoms with E-state index in [0.29, 0.717) is 12.5 Å². The molecule has 1 heterocycles. The van der Waals surface area contributed by atoms with Crippen LogP contribution in [0.4, 0.5) is 4.79 Å². The van der Waals surface area contributed by atoms with Gasteiger partial charge in [0.25, 0.3) is 10.0 Å². The van der Waals surface area contributed by atoms with Crippen molar-refractivity contribution in [3.8, 4) is 0 Å². The predicted molar refractivity (Wildman–Crippen MR) is 79.3 cm³/mol. The highest BCUT2D eigenvalue weighted by Gasteiger charge is 2.40. The van der Waals surface area contributed by atoms with Crippen LogP contribution in [0.15, 0.2) is 29.2 Å². The fourth-order valence-corrected chi connectivity index (χ4v) is 3.93. The Labute approximate surface area is 125 Å². The summed E-state index contributed by atoms with van der Waals surface area (Å²) in [7, 11) is -3.78. The third-order valence-corrected chi connectivity index (χ3v) is 5.62. The molecule has 0 radical (unpaired) electrons. The molecule has 2 amide bonds. The van der Waals surface area contributed by atoms with E-state index < -0.39 is 16.1 Å². The van der Waals surface area contributed by atoms with Crippen molar-refractivity contribution in [2.45, 2.75) is 43.5 Å². The highest BCUT2D eigenvalue weighted by molar-refractivity contribution is 7.90. The summed E-state index contributed by atoms with van der Waals surface area (Å²) in [5.41, 5.74) is 0.980. The number of sulfonamides is 1. The van der Waals surface area contributed by atoms with Crippen LogP contribution in [0.3, 0.4) is 0 Å². The van der Waals surface area contributed by atoms with Gasteiger partial charge in [0.15, 0.2) is 0 Å². The Hall–Kier alpha value is -1.56. The quantitative estimate of drug-likeness (QED) is 0.931. The number of carbonyl (C=O) groups excluding carboxylic acids is 1. The zero-order valence-electron chi connectivity index (χ0n) is 12.1. The molecule has 114 valence electrons. The number of likely N-dealkylation sites (tertiary alicyclic amines) is 1. The second kappa shape index (κ2) is 5.33. The number of carbonyl (C=O) groups is 1. The fraction of sp³-hybridized carbons (Fsp3) is 0.533. The molecule has 1 N–H and O–H groups in total. The van der Waals surface area contributed by atoms with Crippen molar-refractivity contribution in [1.29, 1.82) is 0 Å². The molecule has 1 aromatic carbocycles. The Bertz CT molecular complexity index is 635. The molecular weight excluding hydrogens is 288 g/mol. The van der Waals surface area contributed by atoms with Gasteiger partial charge in [-0.15, -0.1) is 0 Å². The summed E-state index contributed by atoms with van der Waals surface area (Å²) >= 11 is 0. The van der Waals surface area contributed by atoms with Crippen LogP contribution in [0.25, 0.3) is 0 Å². The monoisotopic (exact) mass is 308 g/mol. The normalized spacial score (nSPS) is 22.3. The first kappa shape index (κ1) is 14.4. The largest absolute Gasteiger partial charge is 0.331 e. The molecule has 0 aromatic heterocycles. The van der Waals surface area contributed by atoms with Crippen molar-refractivity contribution in [1.82, 2.24) is 9.62 Å². The minimum Gasteiger partial charge on any atom is -0.321 e. The molecule has 2 aliphatic rings. The zero-order valence-corrected chi connectivity index (χ0v) is 12.9. The molecular formula is C15H20N2O3S. The van der Waals surface area contributed by atoms with Gasteiger partial charge in [0.2, 0.25) is 0 Å². The number of benzene rings is 1. The van der Waals surface area contributed by atoms with Crippen molar-refractivity contribution in [3.63, 3.8) is 0 Å². The lowest BCUT2D eigenvalue weighted by Gasteiger charge is -2.24. The highest BCUT2D eigenvalue weighted by Crippen LogP contribution is 2.40. The van der Waals surface area contributed by atoms with Crippen LogP contribution in [-0.2, 0) is 10.0 Å². The molecule has 1 aliphatic carbocycles. The standard InChI is InChI=1S/C15H20N2O3S/c1-11-4-8-13(9-5-11)21(19,20)16-15(18)17-10-2-3-14(17)12-6-7-12/h4-5,8-9,12,14H,2-3,6-7,10H2,1H3,(H,16,18). The van der Waals surface area contributed by atoms with Crippen LogP contribution in [0.5, 0.6) is 0 Å². The average molecular weight is 308 g/mol. The van der Waals surface area contributed by atoms with Crippen LogP contribution in [0, 0.1) is 12.8 Å². The van der Waals surface area contributed by atoms with E-state index in [1.807, 2.05) is 6.92 Å². The highest BCUT2D eigenvalue weighted by atomic mass is 32.2. The van der Waals surface area contributed by atoms with Crippen LogP contribution >= 0.6 is 0 Å². The number of amides is 2. The lowest BCUT2D eigenvalue weighted by Crippen LogP contribution is -2.45. The zero-order chi connectivity index (χ0) is 15.0. The molecule has 1 aliphatic heterocycles. The van der Waals surface area contributed by atoms with E-state index in [2.05, 4.69) is 4.72 Å². The molecule has 5 nitrogen and oxygen atoms in total. The number of hydrogen-bond donors (Lipinski definition) is 1. The Morgan fingerprint density at radius 3 is 2.48 bits per heavy atom. The molecule has 3 rings (SSSR count). The summed E-state index contributed by atoms with van der Waals surface area (Å²) in [4.78, 5) is 14.1. The van der Waals surface area contributed by atoms with Crippen LogP contribution in [0.1, 0.15) is 31.2 Å². The SMILES string of the molecule is Cc1ccc(S(=O)(=O)NC(=O)N2CCCC2C2CC2)cc1. The van der Waals surface area contributed by atoms with Gasteiger partial charge < -0.3 is 4.90 Å². The predicted octanol–water partition coefficient (Wildman–Crippen LogP) is 2.27. The lowest BCUT2D eigenvalue weighted by atomic mass is 10.1. The van der Waals surface area contributed by atoms with Crippen molar-refractivity contribution < 1.29 is 13.2 Å². The van der Waals surface area contributed by atoms with Gasteiger partial charge in [0.05, 0.1) is 4.90 Å². The first-order chi connectivity index (χ1) is 9.97. The number of rotatable bonds is 3. The third kappa shape index (κ3) is 3.05. The lowest BCUT2D eigenvalue weighted by molar-refractivity contribution is 0.192. The van der Waals surface area contributed by atoms with Gasteiger partial charge in [-0.3, -0.25) is 0 Å². The summed E-state index contributed by atoms with van der Waals surface area (Å²) in [6.07, 6.45) is 4.25. The number of nitrogens with zero attached hydrogens (tertiary/aromatic N) is 1. The second-order valence-electron chi connectivity index (χ2n) is 5.96. The smallest absolute Gasteiger partial charge is 0.321 e. The molecule has 0 spiro atoms. The van der Waals surface area contributed by atoms with Crippen LogP contribution in [-0.4, -0.2) is 31.9 Å². The fourth-order valence-electron chi connectivity index (χ4n) is 2.97. The summed E-state index contributed by atoms with van der Waals surface area (Å²) in [6.45, 7) is 2.54. The van der Waals surface area contributed by atoms with Gasteiger partial charge in [-0.25, -0.2) is 17.9 Å². The van der Waals surface area contributed by atoms with Crippen LogP contribution < -0.4 is 4.72 Å². The van der Waals surface area contributed by atoms with Crippen molar-refractivity contribution >= 4 is 16.1 Å². The summed E-state index contributed by atoms with van der Waals surface area (Å²) in [6, 6.07) is 6.23. The summed E-state index contributed by atoms with van der Waals surface area (Å²) < 4.78 is 26.7. The Morgan fingerprint density at radius 1 is 1.19 bits per heavy atom. The minimum atomic E-state index is -3.78. The maximum atomic E-state index is 12.3. The van der Waals surface area contributed by atoms with E-state index in [1.165, 1.54) is 12.1 Å². The number of hydrogen-bond acceptors (Lipinski definition) is 3. The van der Waals surface area contributed by atoms with E-state index in [0.717, 1.165) is 31.2 Å². The van der Waals surface area contributed by atoms with Crippen molar-refractivity contribution in [3.05, 3.63) is 29.8 Å². The maximum Gasteiger partial charge on any atom is 0.331 e. The summed E-state index contributed by atoms with van der Waals surface area (Å²) in [5.74, 6) is 0.570. The molecule has 1 aromatic rings. The number of aryl methyl sites for hydroxylation is 1. The van der Waals surface area contributed by atoms with Gasteiger partial charge in [0, 0.05) is 12.6 Å². The molecule has 1 saturated heterocycles. The van der Waals surface area contributed by atoms with E-state index in [9.17, 15) is 13.2 Å². The number of nitrogens with one attached hydrogen (secondary N) is 1. The van der Waals surface area contributed by atoms with E-state index in [4.69, 9.17) is 0 Å². The van der Waals surface area contributed by atoms with Gasteiger partial charge in [-0.1, -0.05) is 17.7 Å². The molecule has 1 atom stereocenters. The van der Waals surface area contributed by atoms with Gasteiger partial charge in [0.1, 0.15) is 0 Å². The maximum absolute atomic E-state index is 12.3. The topological polar surface area (TPSA) is 66.5 Å². The molecule has 2 fully saturated rings. The first-order valence-corrected chi connectivity index (χ1v) is 8.86. The number of urea groups is 1. The van der Waals surface area contributed by atoms with Crippen molar-refractivity contribution in [2.24, 2.45) is 5.92 Å². The first-order valence-electron chi connectivity index (χ1n) is 7.37. The molecule has 1 saturated carbocycles. The van der Waals surface area contributed by atoms with E-state index in [1.54, 1.807) is 17.0 Å². The summed E-state index contributed by atoms with van der Waals surface area (Å²) in [5, 5.41) is 0. The molecule has 0 bridgehead atoms. The molecule has 6 heteroatoms. The molecule has 21 heavy (non-hydrogen) atoms. The minimum absolute atomic E-state index is 0.128.